The normalized spacial score (nSPS) is 22.9. The minimum absolute atomic E-state index is 0.0143. The summed E-state index contributed by atoms with van der Waals surface area (Å²) < 4.78 is 5.57. The van der Waals surface area contributed by atoms with Crippen LogP contribution in [0.15, 0.2) is 35.5 Å². The van der Waals surface area contributed by atoms with Crippen LogP contribution in [0.1, 0.15) is 42.5 Å². The Labute approximate surface area is 189 Å². The number of nitrogens with one attached hydrogen (secondary N) is 3. The second-order valence-electron chi connectivity index (χ2n) is 8.06. The van der Waals surface area contributed by atoms with Crippen LogP contribution in [0.4, 0.5) is 10.5 Å². The number of hydrogen-bond donors (Lipinski definition) is 3. The summed E-state index contributed by atoms with van der Waals surface area (Å²) in [6.07, 6.45) is 7.69. The molecule has 2 aromatic rings. The molecule has 32 heavy (non-hydrogen) atoms. The number of H-pyrrole nitrogens is 1. The van der Waals surface area contributed by atoms with Crippen LogP contribution < -0.4 is 21.1 Å². The van der Waals surface area contributed by atoms with Gasteiger partial charge in [-0.25, -0.2) is 9.89 Å². The van der Waals surface area contributed by atoms with Crippen molar-refractivity contribution in [1.29, 1.82) is 0 Å². The number of halogens is 1. The number of hydrogen-bond acceptors (Lipinski definition) is 7. The molecule has 1 saturated carbocycles. The number of rotatable bonds is 5. The number of nitrogens with zero attached hydrogens (tertiary/aromatic N) is 3. The predicted molar refractivity (Wildman–Crippen MR) is 118 cm³/mol. The highest BCUT2D eigenvalue weighted by Gasteiger charge is 2.29. The van der Waals surface area contributed by atoms with Crippen molar-refractivity contribution in [2.75, 3.05) is 18.0 Å². The Kier molecular flexibility index (Phi) is 6.89. The van der Waals surface area contributed by atoms with E-state index in [0.717, 1.165) is 25.7 Å². The predicted octanol–water partition coefficient (Wildman–Crippen LogP) is 1.86. The van der Waals surface area contributed by atoms with Crippen molar-refractivity contribution in [3.63, 3.8) is 0 Å². The summed E-state index contributed by atoms with van der Waals surface area (Å²) in [5.41, 5.74) is 0.680. The Morgan fingerprint density at radius 2 is 1.78 bits per heavy atom. The fraction of sp³-hybridized carbons (Fsp3) is 0.476. The molecular weight excluding hydrogens is 436 g/mol. The standard InChI is InChI=1S/C21H25ClN6O4/c22-18-17(11-24-27-20(18)30)28-10-7-16(12-28)32-21(31)26-15-3-1-14(2-4-15)25-19(29)13-5-8-23-9-6-13/h5-6,8-9,11,14-16H,1-4,7,10,12H2,(H,25,29)(H,26,31)(H,27,30)/t14?,15?,16-/m1/s1. The highest BCUT2D eigenvalue weighted by molar-refractivity contribution is 6.33. The van der Waals surface area contributed by atoms with Crippen molar-refractivity contribution in [3.8, 4) is 0 Å². The lowest BCUT2D eigenvalue weighted by Gasteiger charge is -2.29. The van der Waals surface area contributed by atoms with Gasteiger partial charge in [-0.1, -0.05) is 11.6 Å². The Balaban J connectivity index is 1.19. The number of anilines is 1. The van der Waals surface area contributed by atoms with Crippen LogP contribution in [0, 0.1) is 0 Å². The Morgan fingerprint density at radius 1 is 1.09 bits per heavy atom. The van der Waals surface area contributed by atoms with Crippen molar-refractivity contribution in [2.45, 2.75) is 50.3 Å². The fourth-order valence-corrected chi connectivity index (χ4v) is 4.35. The lowest BCUT2D eigenvalue weighted by atomic mass is 9.91. The minimum Gasteiger partial charge on any atom is -0.444 e. The van der Waals surface area contributed by atoms with Crippen molar-refractivity contribution in [1.82, 2.24) is 25.8 Å². The van der Waals surface area contributed by atoms with Gasteiger partial charge >= 0.3 is 6.09 Å². The van der Waals surface area contributed by atoms with Crippen LogP contribution in [0.25, 0.3) is 0 Å². The molecule has 0 bridgehead atoms. The van der Waals surface area contributed by atoms with Gasteiger partial charge in [0.2, 0.25) is 0 Å². The van der Waals surface area contributed by atoms with Crippen molar-refractivity contribution in [2.24, 2.45) is 0 Å². The summed E-state index contributed by atoms with van der Waals surface area (Å²) in [6.45, 7) is 1.07. The number of carbonyl (C=O) groups excluding carboxylic acids is 2. The van der Waals surface area contributed by atoms with E-state index < -0.39 is 11.7 Å². The van der Waals surface area contributed by atoms with Crippen LogP contribution in [0.3, 0.4) is 0 Å². The molecule has 0 spiro atoms. The van der Waals surface area contributed by atoms with Gasteiger partial charge in [0.1, 0.15) is 11.1 Å². The number of pyridine rings is 1. The second kappa shape index (κ2) is 9.99. The number of amides is 2. The van der Waals surface area contributed by atoms with Gasteiger partial charge in [-0.2, -0.15) is 5.10 Å². The summed E-state index contributed by atoms with van der Waals surface area (Å²) in [6, 6.07) is 3.47. The molecule has 170 valence electrons. The van der Waals surface area contributed by atoms with Crippen molar-refractivity contribution in [3.05, 3.63) is 51.7 Å². The molecule has 1 aliphatic heterocycles. The van der Waals surface area contributed by atoms with Gasteiger partial charge in [-0.05, 0) is 37.8 Å². The first-order chi connectivity index (χ1) is 15.5. The van der Waals surface area contributed by atoms with Crippen LogP contribution in [-0.4, -0.2) is 58.5 Å². The van der Waals surface area contributed by atoms with Crippen molar-refractivity contribution >= 4 is 29.3 Å². The third-order valence-corrected chi connectivity index (χ3v) is 6.23. The maximum atomic E-state index is 12.4. The molecule has 1 aliphatic carbocycles. The van der Waals surface area contributed by atoms with Crippen LogP contribution in [-0.2, 0) is 4.74 Å². The van der Waals surface area contributed by atoms with E-state index >= 15 is 0 Å². The first-order valence-corrected chi connectivity index (χ1v) is 11.0. The molecule has 3 heterocycles. The van der Waals surface area contributed by atoms with E-state index in [1.807, 2.05) is 4.90 Å². The van der Waals surface area contributed by atoms with Crippen LogP contribution in [0.2, 0.25) is 5.02 Å². The number of alkyl carbamates (subject to hydrolysis) is 1. The summed E-state index contributed by atoms with van der Waals surface area (Å²) in [5.74, 6) is -0.107. The van der Waals surface area contributed by atoms with E-state index in [2.05, 4.69) is 25.8 Å². The van der Waals surface area contributed by atoms with Gasteiger partial charge in [0.25, 0.3) is 11.5 Å². The fourth-order valence-electron chi connectivity index (χ4n) is 4.14. The van der Waals surface area contributed by atoms with E-state index in [1.165, 1.54) is 6.20 Å². The van der Waals surface area contributed by atoms with Crippen molar-refractivity contribution < 1.29 is 14.3 Å². The molecule has 0 aromatic carbocycles. The van der Waals surface area contributed by atoms with E-state index in [-0.39, 0.29) is 29.1 Å². The molecule has 2 aliphatic rings. The highest BCUT2D eigenvalue weighted by Crippen LogP contribution is 2.26. The smallest absolute Gasteiger partial charge is 0.407 e. The SMILES string of the molecule is O=C(NC1CCC(NC(=O)c2ccncc2)CC1)O[C@@H]1CCN(c2cn[nH]c(=O)c2Cl)C1. The summed E-state index contributed by atoms with van der Waals surface area (Å²) in [5, 5.41) is 12.1. The average molecular weight is 461 g/mol. The molecule has 2 amide bonds. The quantitative estimate of drug-likeness (QED) is 0.621. The monoisotopic (exact) mass is 460 g/mol. The van der Waals surface area contributed by atoms with Gasteiger partial charge in [-0.3, -0.25) is 14.6 Å². The Hall–Kier alpha value is -3.14. The third kappa shape index (κ3) is 5.37. The lowest BCUT2D eigenvalue weighted by Crippen LogP contribution is -2.44. The minimum atomic E-state index is -0.448. The summed E-state index contributed by atoms with van der Waals surface area (Å²) >= 11 is 6.06. The number of aromatic amines is 1. The van der Waals surface area contributed by atoms with Gasteiger partial charge in [0.05, 0.1) is 18.4 Å². The Morgan fingerprint density at radius 3 is 2.50 bits per heavy atom. The number of carbonyl (C=O) groups is 2. The first-order valence-electron chi connectivity index (χ1n) is 10.7. The molecule has 4 rings (SSSR count). The number of ether oxygens (including phenoxy) is 1. The largest absolute Gasteiger partial charge is 0.444 e. The third-order valence-electron chi connectivity index (χ3n) is 5.86. The molecule has 1 saturated heterocycles. The molecule has 0 radical (unpaired) electrons. The van der Waals surface area contributed by atoms with Gasteiger partial charge < -0.3 is 20.3 Å². The zero-order chi connectivity index (χ0) is 22.5. The average Bonchev–Trinajstić information content (AvgIpc) is 3.25. The van der Waals surface area contributed by atoms with Crippen LogP contribution in [0.5, 0.6) is 0 Å². The Bertz CT molecular complexity index is 1010. The van der Waals surface area contributed by atoms with Gasteiger partial charge in [-0.15, -0.1) is 0 Å². The second-order valence-corrected chi connectivity index (χ2v) is 8.44. The topological polar surface area (TPSA) is 129 Å². The first kappa shape index (κ1) is 22.1. The van der Waals surface area contributed by atoms with Gasteiger partial charge in [0, 0.05) is 43.0 Å². The van der Waals surface area contributed by atoms with Crippen LogP contribution >= 0.6 is 11.6 Å². The molecule has 0 unspecified atom stereocenters. The van der Waals surface area contributed by atoms with E-state index in [1.54, 1.807) is 24.5 Å². The maximum Gasteiger partial charge on any atom is 0.407 e. The van der Waals surface area contributed by atoms with E-state index in [9.17, 15) is 14.4 Å². The molecule has 2 aromatic heterocycles. The van der Waals surface area contributed by atoms with E-state index in [4.69, 9.17) is 16.3 Å². The van der Waals surface area contributed by atoms with Gasteiger partial charge in [0.15, 0.2) is 0 Å². The zero-order valence-corrected chi connectivity index (χ0v) is 18.2. The lowest BCUT2D eigenvalue weighted by molar-refractivity contribution is 0.0908. The molecule has 2 fully saturated rings. The molecule has 1 atom stereocenters. The molecule has 11 heteroatoms. The highest BCUT2D eigenvalue weighted by atomic mass is 35.5. The molecule has 10 nitrogen and oxygen atoms in total. The zero-order valence-electron chi connectivity index (χ0n) is 17.4. The molecular formula is C21H25ClN6O4. The van der Waals surface area contributed by atoms with E-state index in [0.29, 0.717) is 30.8 Å². The summed E-state index contributed by atoms with van der Waals surface area (Å²) in [7, 11) is 0. The maximum absolute atomic E-state index is 12.4. The molecule has 3 N–H and O–H groups in total. The number of aromatic nitrogens is 3. The summed E-state index contributed by atoms with van der Waals surface area (Å²) in [4.78, 5) is 42.1.